The van der Waals surface area contributed by atoms with Gasteiger partial charge in [-0.05, 0) is 39.2 Å². The maximum atomic E-state index is 11.9. The van der Waals surface area contributed by atoms with E-state index in [1.165, 1.54) is 11.8 Å². The largest absolute Gasteiger partial charge is 0.392 e. The number of halogens is 3. The predicted octanol–water partition coefficient (Wildman–Crippen LogP) is 5.72. The number of hydrogen-bond donors (Lipinski definition) is 2. The minimum absolute atomic E-state index is 0.00815. The van der Waals surface area contributed by atoms with Crippen molar-refractivity contribution >= 4 is 52.5 Å². The van der Waals surface area contributed by atoms with E-state index in [-0.39, 0.29) is 31.3 Å². The number of thioether (sulfide) groups is 1. The summed E-state index contributed by atoms with van der Waals surface area (Å²) in [7, 11) is 0. The number of alkyl halides is 3. The molecule has 1 saturated heterocycles. The van der Waals surface area contributed by atoms with Crippen molar-refractivity contribution in [3.63, 3.8) is 0 Å². The minimum atomic E-state index is -2.03. The van der Waals surface area contributed by atoms with E-state index in [1.54, 1.807) is 4.68 Å². The Hall–Kier alpha value is -2.70. The van der Waals surface area contributed by atoms with Crippen LogP contribution in [0, 0.1) is 5.92 Å². The maximum Gasteiger partial charge on any atom is 0.272 e. The quantitative estimate of drug-likeness (QED) is 0.175. The number of para-hydroxylation sites is 1. The van der Waals surface area contributed by atoms with Gasteiger partial charge in [0.1, 0.15) is 0 Å². The summed E-state index contributed by atoms with van der Waals surface area (Å²) in [4.78, 5) is 11.9. The zero-order valence-electron chi connectivity index (χ0n) is 22.4. The molecule has 0 saturated carbocycles. The van der Waals surface area contributed by atoms with Gasteiger partial charge in [-0.1, -0.05) is 120 Å². The summed E-state index contributed by atoms with van der Waals surface area (Å²) in [6, 6.07) is 25.0. The van der Waals surface area contributed by atoms with E-state index in [0.29, 0.717) is 10.9 Å². The van der Waals surface area contributed by atoms with Crippen LogP contribution in [0.2, 0.25) is 0 Å². The average molecular weight is 649 g/mol. The molecule has 1 aliphatic rings. The van der Waals surface area contributed by atoms with E-state index >= 15 is 0 Å². The molecule has 1 amide bonds. The molecule has 0 aliphatic carbocycles. The molecular formula is C29H28Cl3N5O4S. The number of amides is 1. The Morgan fingerprint density at radius 1 is 0.976 bits per heavy atom. The van der Waals surface area contributed by atoms with Crippen LogP contribution < -0.4 is 5.32 Å². The second kappa shape index (κ2) is 13.7. The highest BCUT2D eigenvalue weighted by atomic mass is 35.6. The van der Waals surface area contributed by atoms with Crippen molar-refractivity contribution < 1.29 is 19.4 Å². The number of carbonyl (C=O) groups excluding carboxylic acids is 1. The maximum absolute atomic E-state index is 11.9. The van der Waals surface area contributed by atoms with E-state index in [2.05, 4.69) is 27.8 Å². The van der Waals surface area contributed by atoms with Gasteiger partial charge < -0.3 is 19.9 Å². The number of benzene rings is 3. The number of nitrogens with one attached hydrogen (secondary N) is 1. The van der Waals surface area contributed by atoms with Crippen molar-refractivity contribution in [3.05, 3.63) is 101 Å². The number of hydrogen-bond acceptors (Lipinski definition) is 8. The number of carbonyl (C=O) groups is 1. The van der Waals surface area contributed by atoms with E-state index in [4.69, 9.17) is 44.3 Å². The summed E-state index contributed by atoms with van der Waals surface area (Å²) in [5, 5.41) is 25.0. The van der Waals surface area contributed by atoms with Gasteiger partial charge in [0.25, 0.3) is 9.70 Å². The summed E-state index contributed by atoms with van der Waals surface area (Å²) in [6.07, 6.45) is -1.12. The second-order valence-corrected chi connectivity index (χ2v) is 13.0. The van der Waals surface area contributed by atoms with Crippen molar-refractivity contribution in [2.75, 3.05) is 5.75 Å². The smallest absolute Gasteiger partial charge is 0.272 e. The molecule has 1 aromatic heterocycles. The summed E-state index contributed by atoms with van der Waals surface area (Å²) in [6.45, 7) is 2.27. The average Bonchev–Trinajstić information content (AvgIpc) is 3.48. The Bertz CT molecular complexity index is 1470. The van der Waals surface area contributed by atoms with E-state index in [0.717, 1.165) is 27.9 Å². The van der Waals surface area contributed by atoms with E-state index in [1.807, 2.05) is 78.9 Å². The molecule has 42 heavy (non-hydrogen) atoms. The summed E-state index contributed by atoms with van der Waals surface area (Å²) in [5.41, 5.74) is 4.33. The molecule has 2 N–H and O–H groups in total. The number of ether oxygens (including phenoxy) is 2. The number of aliphatic hydroxyl groups is 1. The van der Waals surface area contributed by atoms with Crippen LogP contribution in [0.5, 0.6) is 0 Å². The third-order valence-electron chi connectivity index (χ3n) is 6.90. The lowest BCUT2D eigenvalue weighted by Gasteiger charge is -2.41. The van der Waals surface area contributed by atoms with Crippen LogP contribution in [0.25, 0.3) is 5.69 Å². The Morgan fingerprint density at radius 2 is 1.64 bits per heavy atom. The van der Waals surface area contributed by atoms with Gasteiger partial charge in [-0.25, -0.2) is 0 Å². The van der Waals surface area contributed by atoms with Crippen LogP contribution in [0.4, 0.5) is 0 Å². The SMILES string of the molecule is CC1C(CSc2nnnn2-c2ccccc2)OC(c2ccc(CNC(=O)C(Cl)(Cl)Cl)cc2)OC1c1ccc(CO)cc1. The van der Waals surface area contributed by atoms with Crippen molar-refractivity contribution in [2.45, 2.75) is 47.5 Å². The van der Waals surface area contributed by atoms with Crippen molar-refractivity contribution in [1.29, 1.82) is 0 Å². The highest BCUT2D eigenvalue weighted by Crippen LogP contribution is 2.43. The van der Waals surface area contributed by atoms with E-state index < -0.39 is 16.0 Å². The molecule has 1 fully saturated rings. The zero-order chi connectivity index (χ0) is 29.7. The topological polar surface area (TPSA) is 111 Å². The number of aliphatic hydroxyl groups excluding tert-OH is 1. The molecule has 2 heterocycles. The van der Waals surface area contributed by atoms with Crippen LogP contribution in [-0.4, -0.2) is 46.9 Å². The molecule has 9 nitrogen and oxygen atoms in total. The highest BCUT2D eigenvalue weighted by Gasteiger charge is 2.38. The number of tetrazole rings is 1. The zero-order valence-corrected chi connectivity index (χ0v) is 25.5. The molecule has 220 valence electrons. The Morgan fingerprint density at radius 3 is 2.31 bits per heavy atom. The Labute approximate surface area is 262 Å². The number of aromatic nitrogens is 4. The molecule has 4 unspecified atom stereocenters. The first-order chi connectivity index (χ1) is 20.2. The first kappa shape index (κ1) is 30.7. The molecule has 5 rings (SSSR count). The molecule has 13 heteroatoms. The Kier molecular flexibility index (Phi) is 10.1. The van der Waals surface area contributed by atoms with Crippen molar-refractivity contribution in [2.24, 2.45) is 5.92 Å². The molecule has 4 atom stereocenters. The van der Waals surface area contributed by atoms with Gasteiger partial charge >= 0.3 is 0 Å². The second-order valence-electron chi connectivity index (χ2n) is 9.76. The first-order valence-corrected chi connectivity index (χ1v) is 15.3. The lowest BCUT2D eigenvalue weighted by atomic mass is 9.91. The monoisotopic (exact) mass is 647 g/mol. The van der Waals surface area contributed by atoms with Gasteiger partial charge in [-0.15, -0.1) is 5.10 Å². The molecule has 3 aromatic carbocycles. The van der Waals surface area contributed by atoms with Gasteiger partial charge in [0.2, 0.25) is 5.16 Å². The van der Waals surface area contributed by atoms with Crippen molar-refractivity contribution in [3.8, 4) is 5.69 Å². The lowest BCUT2D eigenvalue weighted by molar-refractivity contribution is -0.268. The number of rotatable bonds is 9. The first-order valence-electron chi connectivity index (χ1n) is 13.1. The van der Waals surface area contributed by atoms with Crippen LogP contribution >= 0.6 is 46.6 Å². The fourth-order valence-corrected chi connectivity index (χ4v) is 5.80. The summed E-state index contributed by atoms with van der Waals surface area (Å²) < 4.78 is 12.7. The van der Waals surface area contributed by atoms with Gasteiger partial charge in [-0.3, -0.25) is 4.79 Å². The molecule has 0 bridgehead atoms. The van der Waals surface area contributed by atoms with E-state index in [9.17, 15) is 9.90 Å². The third-order valence-corrected chi connectivity index (χ3v) is 8.43. The fraction of sp³-hybridized carbons (Fsp3) is 0.310. The lowest BCUT2D eigenvalue weighted by Crippen LogP contribution is -2.38. The van der Waals surface area contributed by atoms with Crippen LogP contribution in [0.3, 0.4) is 0 Å². The molecule has 0 spiro atoms. The predicted molar refractivity (Wildman–Crippen MR) is 161 cm³/mol. The van der Waals surface area contributed by atoms with Crippen LogP contribution in [0.1, 0.15) is 41.6 Å². The molecule has 4 aromatic rings. The standard InChI is InChI=1S/C29H28Cl3N5O4S/c1-18-24(17-42-28-34-35-36-37(28)23-5-3-2-4-6-23)40-26(41-25(18)21-11-9-20(16-38)10-12-21)22-13-7-19(8-14-22)15-33-27(39)29(30,31)32/h2-14,18,24-26,38H,15-17H2,1H3,(H,33,39). The van der Waals surface area contributed by atoms with Crippen LogP contribution in [0.15, 0.2) is 84.0 Å². The molecule has 1 aliphatic heterocycles. The normalized spacial score (nSPS) is 20.8. The Balaban J connectivity index is 1.34. The van der Waals surface area contributed by atoms with Gasteiger partial charge in [0.15, 0.2) is 6.29 Å². The van der Waals surface area contributed by atoms with Gasteiger partial charge in [0, 0.05) is 23.8 Å². The molecular weight excluding hydrogens is 621 g/mol. The summed E-state index contributed by atoms with van der Waals surface area (Å²) >= 11 is 18.4. The molecule has 0 radical (unpaired) electrons. The third kappa shape index (κ3) is 7.44. The summed E-state index contributed by atoms with van der Waals surface area (Å²) in [5.74, 6) is -0.120. The van der Waals surface area contributed by atoms with Gasteiger partial charge in [0.05, 0.1) is 24.5 Å². The van der Waals surface area contributed by atoms with Gasteiger partial charge in [-0.2, -0.15) is 4.68 Å². The number of nitrogens with zero attached hydrogens (tertiary/aromatic N) is 4. The minimum Gasteiger partial charge on any atom is -0.392 e. The van der Waals surface area contributed by atoms with Crippen LogP contribution in [-0.2, 0) is 27.4 Å². The highest BCUT2D eigenvalue weighted by molar-refractivity contribution is 7.99. The van der Waals surface area contributed by atoms with Crippen molar-refractivity contribution in [1.82, 2.24) is 25.5 Å². The fourth-order valence-electron chi connectivity index (χ4n) is 4.54.